The number of ketones is 3. The van der Waals surface area contributed by atoms with Crippen LogP contribution in [0.5, 0.6) is 0 Å². The number of halogens is 1. The van der Waals surface area contributed by atoms with Gasteiger partial charge in [0.2, 0.25) is 5.78 Å². The Morgan fingerprint density at radius 2 is 1.87 bits per heavy atom. The molecule has 1 N–H and O–H groups in total. The molecule has 0 spiro atoms. The Morgan fingerprint density at radius 3 is 2.55 bits per heavy atom. The molecule has 0 aliphatic heterocycles. The molecule has 7 unspecified atom stereocenters. The number of allylic oxidation sites excluding steroid dienone is 1. The van der Waals surface area contributed by atoms with Crippen LogP contribution in [0.25, 0.3) is 0 Å². The second-order valence-corrected chi connectivity index (χ2v) is 13.6. The van der Waals surface area contributed by atoms with E-state index in [0.717, 1.165) is 22.6 Å². The lowest BCUT2D eigenvalue weighted by Gasteiger charge is -2.59. The summed E-state index contributed by atoms with van der Waals surface area (Å²) in [6.07, 6.45) is 4.63. The van der Waals surface area contributed by atoms with Crippen molar-refractivity contribution in [1.29, 1.82) is 0 Å². The van der Waals surface area contributed by atoms with Crippen LogP contribution in [0.15, 0.2) is 40.8 Å². The third-order valence-corrected chi connectivity index (χ3v) is 11.5. The van der Waals surface area contributed by atoms with Gasteiger partial charge in [0, 0.05) is 46.8 Å². The summed E-state index contributed by atoms with van der Waals surface area (Å²) in [6, 6.07) is 7.72. The normalized spacial score (nSPS) is 38.1. The lowest BCUT2D eigenvalue weighted by Crippen LogP contribution is -2.62. The molecule has 0 heterocycles. The zero-order chi connectivity index (χ0) is 27.5. The Balaban J connectivity index is 1.48. The molecule has 4 aliphatic carbocycles. The fourth-order valence-electron chi connectivity index (χ4n) is 8.25. The van der Waals surface area contributed by atoms with Crippen LogP contribution in [0.1, 0.15) is 59.3 Å². The molecule has 1 aromatic rings. The van der Waals surface area contributed by atoms with Crippen LogP contribution in [-0.2, 0) is 23.9 Å². The van der Waals surface area contributed by atoms with Gasteiger partial charge in [-0.15, -0.1) is 11.8 Å². The van der Waals surface area contributed by atoms with E-state index in [1.165, 1.54) is 6.92 Å². The molecular weight excluding hydrogens is 524 g/mol. The maximum Gasteiger partial charge on any atom is 0.303 e. The molecule has 0 radical (unpaired) electrons. The van der Waals surface area contributed by atoms with Gasteiger partial charge in [0.15, 0.2) is 12.4 Å². The number of esters is 1. The molecule has 7 atom stereocenters. The first-order valence-corrected chi connectivity index (χ1v) is 14.8. The van der Waals surface area contributed by atoms with Gasteiger partial charge < -0.3 is 9.84 Å². The summed E-state index contributed by atoms with van der Waals surface area (Å²) < 4.78 is 4.95. The highest BCUT2D eigenvalue weighted by molar-refractivity contribution is 7.99. The number of aliphatic hydroxyl groups is 1. The van der Waals surface area contributed by atoms with Crippen LogP contribution in [0, 0.1) is 34.5 Å². The highest BCUT2D eigenvalue weighted by Crippen LogP contribution is 2.67. The van der Waals surface area contributed by atoms with Gasteiger partial charge in [-0.25, -0.2) is 0 Å². The maximum atomic E-state index is 14.0. The topological polar surface area (TPSA) is 97.7 Å². The van der Waals surface area contributed by atoms with Crippen molar-refractivity contribution in [3.63, 3.8) is 0 Å². The van der Waals surface area contributed by atoms with E-state index in [2.05, 4.69) is 6.92 Å². The zero-order valence-corrected chi connectivity index (χ0v) is 23.7. The monoisotopic (exact) mass is 558 g/mol. The number of rotatable bonds is 6. The number of carbonyl (C=O) groups excluding carboxylic acids is 4. The van der Waals surface area contributed by atoms with E-state index in [-0.39, 0.29) is 48.1 Å². The number of ether oxygens (including phenoxy) is 1. The predicted octanol–water partition coefficient (Wildman–Crippen LogP) is 5.23. The van der Waals surface area contributed by atoms with Crippen LogP contribution in [-0.4, -0.2) is 46.4 Å². The molecule has 0 bridgehead atoms. The van der Waals surface area contributed by atoms with E-state index in [9.17, 15) is 24.3 Å². The van der Waals surface area contributed by atoms with Crippen molar-refractivity contribution >= 4 is 46.7 Å². The molecule has 38 heavy (non-hydrogen) atoms. The van der Waals surface area contributed by atoms with Crippen LogP contribution < -0.4 is 0 Å². The minimum Gasteiger partial charge on any atom is -0.458 e. The van der Waals surface area contributed by atoms with Crippen molar-refractivity contribution in [2.24, 2.45) is 34.5 Å². The van der Waals surface area contributed by atoms with E-state index < -0.39 is 34.8 Å². The molecular formula is C30H35ClO6S. The molecule has 4 aliphatic rings. The summed E-state index contributed by atoms with van der Waals surface area (Å²) in [5.41, 5.74) is -1.95. The minimum atomic E-state index is -1.71. The van der Waals surface area contributed by atoms with Crippen molar-refractivity contribution in [2.45, 2.75) is 69.8 Å². The van der Waals surface area contributed by atoms with Gasteiger partial charge in [0.25, 0.3) is 0 Å². The number of hydrogen-bond donors (Lipinski definition) is 1. The summed E-state index contributed by atoms with van der Waals surface area (Å²) in [5.74, 6) is -0.281. The van der Waals surface area contributed by atoms with Crippen molar-refractivity contribution < 1.29 is 29.0 Å². The van der Waals surface area contributed by atoms with E-state index in [1.54, 1.807) is 11.8 Å². The third kappa shape index (κ3) is 4.39. The number of hydrogen-bond acceptors (Lipinski definition) is 7. The van der Waals surface area contributed by atoms with Gasteiger partial charge in [-0.2, -0.15) is 0 Å². The fraction of sp³-hybridized carbons (Fsp3) is 0.600. The Labute approximate surface area is 232 Å². The molecule has 0 amide bonds. The molecule has 5 rings (SSSR count). The van der Waals surface area contributed by atoms with Crippen LogP contribution in [0.2, 0.25) is 5.02 Å². The van der Waals surface area contributed by atoms with Crippen LogP contribution in [0.3, 0.4) is 0 Å². The standard InChI is InChI=1S/C30H35ClO6S/c1-17(32)37-15-26(35)30(36)11-9-23-22-12-18(16-38-21-6-4-19(31)5-7-21)24-13-20(33)8-10-28(24,2)27(22)25(34)14-29(23,30)3/h4-7,13,18,22-23,27,36H,8-12,14-16H2,1-3H3. The van der Waals surface area contributed by atoms with Gasteiger partial charge in [-0.1, -0.05) is 31.0 Å². The molecule has 0 aromatic heterocycles. The summed E-state index contributed by atoms with van der Waals surface area (Å²) in [6.45, 7) is 4.77. The lowest BCUT2D eigenvalue weighted by atomic mass is 9.44. The highest BCUT2D eigenvalue weighted by atomic mass is 35.5. The Hall–Kier alpha value is -1.96. The lowest BCUT2D eigenvalue weighted by molar-refractivity contribution is -0.174. The second kappa shape index (κ2) is 9.90. The second-order valence-electron chi connectivity index (χ2n) is 12.1. The SMILES string of the molecule is CC(=O)OCC(=O)C1(O)CCC2C3CC(CSc4ccc(Cl)cc4)C4=CC(=O)CCC4(C)C3C(=O)CC21C. The number of benzene rings is 1. The van der Waals surface area contributed by atoms with Crippen molar-refractivity contribution in [1.82, 2.24) is 0 Å². The Bertz CT molecular complexity index is 1210. The van der Waals surface area contributed by atoms with Gasteiger partial charge in [-0.05, 0) is 79.2 Å². The summed E-state index contributed by atoms with van der Waals surface area (Å²) in [5, 5.41) is 12.4. The molecule has 3 saturated carbocycles. The molecule has 204 valence electrons. The Morgan fingerprint density at radius 1 is 1.16 bits per heavy atom. The smallest absolute Gasteiger partial charge is 0.303 e. The van der Waals surface area contributed by atoms with Gasteiger partial charge in [-0.3, -0.25) is 19.2 Å². The van der Waals surface area contributed by atoms with E-state index >= 15 is 0 Å². The number of carbonyl (C=O) groups is 4. The van der Waals surface area contributed by atoms with Crippen molar-refractivity contribution in [2.75, 3.05) is 12.4 Å². The van der Waals surface area contributed by atoms with E-state index in [0.29, 0.717) is 24.3 Å². The minimum absolute atomic E-state index is 0.00275. The van der Waals surface area contributed by atoms with Crippen molar-refractivity contribution in [3.8, 4) is 0 Å². The van der Waals surface area contributed by atoms with Gasteiger partial charge >= 0.3 is 5.97 Å². The van der Waals surface area contributed by atoms with Gasteiger partial charge in [0.05, 0.1) is 0 Å². The quantitative estimate of drug-likeness (QED) is 0.377. The maximum absolute atomic E-state index is 14.0. The van der Waals surface area contributed by atoms with E-state index in [1.807, 2.05) is 37.3 Å². The first-order chi connectivity index (χ1) is 17.9. The third-order valence-electron chi connectivity index (χ3n) is 10.1. The molecule has 1 aromatic carbocycles. The largest absolute Gasteiger partial charge is 0.458 e. The predicted molar refractivity (Wildman–Crippen MR) is 145 cm³/mol. The molecule has 3 fully saturated rings. The highest BCUT2D eigenvalue weighted by Gasteiger charge is 2.69. The van der Waals surface area contributed by atoms with Crippen LogP contribution >= 0.6 is 23.4 Å². The average molecular weight is 559 g/mol. The summed E-state index contributed by atoms with van der Waals surface area (Å²) in [4.78, 5) is 52.1. The van der Waals surface area contributed by atoms with E-state index in [4.69, 9.17) is 16.3 Å². The molecule has 0 saturated heterocycles. The zero-order valence-electron chi connectivity index (χ0n) is 22.1. The summed E-state index contributed by atoms with van der Waals surface area (Å²) >= 11 is 7.79. The average Bonchev–Trinajstić information content (AvgIpc) is 3.13. The first kappa shape index (κ1) is 27.6. The number of Topliss-reactive ketones (excluding diaryl/α,β-unsaturated/α-hetero) is 2. The molecule has 8 heteroatoms. The van der Waals surface area contributed by atoms with Crippen LogP contribution in [0.4, 0.5) is 0 Å². The van der Waals surface area contributed by atoms with Gasteiger partial charge in [0.1, 0.15) is 11.4 Å². The number of thioether (sulfide) groups is 1. The van der Waals surface area contributed by atoms with Crippen molar-refractivity contribution in [3.05, 3.63) is 40.9 Å². The number of fused-ring (bicyclic) bond motifs is 5. The fourth-order valence-corrected chi connectivity index (χ4v) is 9.42. The Kier molecular flexibility index (Phi) is 7.19. The molecule has 6 nitrogen and oxygen atoms in total. The first-order valence-electron chi connectivity index (χ1n) is 13.4. The summed E-state index contributed by atoms with van der Waals surface area (Å²) in [7, 11) is 0.